The number of aromatic nitrogens is 2. The first-order valence-electron chi connectivity index (χ1n) is 16.3. The smallest absolute Gasteiger partial charge is 0.270 e. The molecule has 2 heterocycles. The van der Waals surface area contributed by atoms with E-state index in [0.717, 1.165) is 11.1 Å². The van der Waals surface area contributed by atoms with Gasteiger partial charge >= 0.3 is 0 Å². The summed E-state index contributed by atoms with van der Waals surface area (Å²) in [5.41, 5.74) is 9.50. The van der Waals surface area contributed by atoms with E-state index in [1.807, 2.05) is 18.2 Å². The maximum Gasteiger partial charge on any atom is 0.270 e. The highest BCUT2D eigenvalue weighted by Gasteiger charge is 2.14. The van der Waals surface area contributed by atoms with E-state index in [-0.39, 0.29) is 53.6 Å². The van der Waals surface area contributed by atoms with Gasteiger partial charge in [0.15, 0.2) is 0 Å². The Kier molecular flexibility index (Phi) is 13.6. The summed E-state index contributed by atoms with van der Waals surface area (Å²) in [6.45, 7) is 0.464. The lowest BCUT2D eigenvalue weighted by molar-refractivity contribution is -0.385. The second-order valence-electron chi connectivity index (χ2n) is 11.9. The third kappa shape index (κ3) is 9.89. The third-order valence-corrected chi connectivity index (χ3v) is 8.35. The lowest BCUT2D eigenvalue weighted by Crippen LogP contribution is -2.22. The van der Waals surface area contributed by atoms with Gasteiger partial charge in [0, 0.05) is 59.9 Å². The molecule has 2 aromatic heterocycles. The first-order chi connectivity index (χ1) is 26.4. The number of halogens is 1. The molecule has 284 valence electrons. The van der Waals surface area contributed by atoms with Crippen LogP contribution in [0.15, 0.2) is 131 Å². The van der Waals surface area contributed by atoms with E-state index >= 15 is 0 Å². The molecule has 6 aromatic rings. The molecular formula is C40H33ClN6O9. The number of hydrogen-bond donors (Lipinski definition) is 1. The van der Waals surface area contributed by atoms with Crippen LogP contribution in [0.5, 0.6) is 11.5 Å². The zero-order valence-electron chi connectivity index (χ0n) is 29.9. The number of benzene rings is 4. The summed E-state index contributed by atoms with van der Waals surface area (Å²) in [4.78, 5) is 56.7. The fraction of sp³-hybridized carbons (Fsp3) is 0.100. The van der Waals surface area contributed by atoms with Crippen molar-refractivity contribution in [3.8, 4) is 39.8 Å². The number of amides is 1. The normalized spacial score (nSPS) is 10.2. The SMILES string of the molecule is COc1ccc(Cn2cc(C#N)ccc2=O)cc1-c1cccc([N+](=O)[O-])c1.COc1ccc(Cn2cc(C(N)=O)ccc2=O)cc1-c1cccc([N+](=O)[O-])c1.Cl. The van der Waals surface area contributed by atoms with Gasteiger partial charge in [-0.3, -0.25) is 34.6 Å². The number of nitriles is 1. The number of non-ortho nitro benzene ring substituents is 2. The number of rotatable bonds is 11. The average molecular weight is 777 g/mol. The highest BCUT2D eigenvalue weighted by molar-refractivity contribution is 5.92. The van der Waals surface area contributed by atoms with Crippen LogP contribution in [0.3, 0.4) is 0 Å². The summed E-state index contributed by atoms with van der Waals surface area (Å²) in [5.74, 6) is 0.487. The second-order valence-corrected chi connectivity index (χ2v) is 11.9. The molecule has 0 bridgehead atoms. The van der Waals surface area contributed by atoms with E-state index in [2.05, 4.69) is 0 Å². The van der Waals surface area contributed by atoms with Crippen molar-refractivity contribution in [2.24, 2.45) is 5.73 Å². The highest BCUT2D eigenvalue weighted by atomic mass is 35.5. The molecule has 16 heteroatoms. The van der Waals surface area contributed by atoms with Gasteiger partial charge in [-0.1, -0.05) is 36.4 Å². The molecule has 0 fully saturated rings. The summed E-state index contributed by atoms with van der Waals surface area (Å²) >= 11 is 0. The van der Waals surface area contributed by atoms with Gasteiger partial charge in [0.05, 0.1) is 48.3 Å². The standard InChI is InChI=1S/C20H17N3O5.C20H15N3O4.ClH/c1-28-18-7-5-13(11-22-12-15(20(21)25)6-8-19(22)24)9-17(18)14-3-2-4-16(10-14)23(26)27;1-27-19-7-5-14(12-22-13-15(11-21)6-8-20(22)24)9-18(19)16-3-2-4-17(10-16)23(25)26;/h2-10,12H,11H2,1H3,(H2,21,25);2-10,13H,12H2,1H3;1H. The number of primary amides is 1. The lowest BCUT2D eigenvalue weighted by atomic mass is 10.0. The fourth-order valence-corrected chi connectivity index (χ4v) is 5.65. The van der Waals surface area contributed by atoms with E-state index in [1.165, 1.54) is 84.3 Å². The van der Waals surface area contributed by atoms with Crippen molar-refractivity contribution in [1.82, 2.24) is 9.13 Å². The maximum atomic E-state index is 12.1. The zero-order chi connectivity index (χ0) is 39.6. The van der Waals surface area contributed by atoms with Crippen LogP contribution in [0.1, 0.15) is 27.0 Å². The Morgan fingerprint density at radius 3 is 1.59 bits per heavy atom. The van der Waals surface area contributed by atoms with E-state index < -0.39 is 15.8 Å². The quantitative estimate of drug-likeness (QED) is 0.114. The first kappa shape index (κ1) is 41.2. The average Bonchev–Trinajstić information content (AvgIpc) is 3.19. The van der Waals surface area contributed by atoms with Crippen molar-refractivity contribution in [3.63, 3.8) is 0 Å². The Balaban J connectivity index is 0.000000244. The molecule has 56 heavy (non-hydrogen) atoms. The van der Waals surface area contributed by atoms with Crippen molar-refractivity contribution >= 4 is 29.7 Å². The molecular weight excluding hydrogens is 744 g/mol. The van der Waals surface area contributed by atoms with Gasteiger partial charge in [0.25, 0.3) is 22.5 Å². The van der Waals surface area contributed by atoms with Crippen LogP contribution in [-0.4, -0.2) is 39.1 Å². The van der Waals surface area contributed by atoms with Crippen LogP contribution in [0.2, 0.25) is 0 Å². The van der Waals surface area contributed by atoms with Crippen LogP contribution >= 0.6 is 12.4 Å². The third-order valence-electron chi connectivity index (χ3n) is 8.35. The number of nitrogens with zero attached hydrogens (tertiary/aromatic N) is 5. The number of ether oxygens (including phenoxy) is 2. The van der Waals surface area contributed by atoms with Gasteiger partial charge in [-0.15, -0.1) is 12.4 Å². The van der Waals surface area contributed by atoms with Gasteiger partial charge in [-0.2, -0.15) is 5.26 Å². The van der Waals surface area contributed by atoms with Gasteiger partial charge in [-0.05, 0) is 58.7 Å². The summed E-state index contributed by atoms with van der Waals surface area (Å²) in [6, 6.07) is 30.7. The monoisotopic (exact) mass is 776 g/mol. The number of hydrogen-bond acceptors (Lipinski definition) is 10. The van der Waals surface area contributed by atoms with Crippen LogP contribution in [-0.2, 0) is 13.1 Å². The number of nitrogens with two attached hydrogens (primary N) is 1. The Hall–Kier alpha value is -7.57. The van der Waals surface area contributed by atoms with Gasteiger partial charge in [0.1, 0.15) is 17.6 Å². The molecule has 0 aliphatic heterocycles. The molecule has 0 aliphatic carbocycles. The fourth-order valence-electron chi connectivity index (χ4n) is 5.65. The number of carbonyl (C=O) groups is 1. The summed E-state index contributed by atoms with van der Waals surface area (Å²) < 4.78 is 13.6. The highest BCUT2D eigenvalue weighted by Crippen LogP contribution is 2.34. The van der Waals surface area contributed by atoms with Crippen molar-refractivity contribution in [1.29, 1.82) is 5.26 Å². The molecule has 0 spiro atoms. The number of nitro benzene ring substituents is 2. The maximum absolute atomic E-state index is 12.1. The van der Waals surface area contributed by atoms with Gasteiger partial charge in [-0.25, -0.2) is 0 Å². The topological polar surface area (TPSA) is 216 Å². The molecule has 2 N–H and O–H groups in total. The van der Waals surface area contributed by atoms with E-state index in [4.69, 9.17) is 20.5 Å². The van der Waals surface area contributed by atoms with Crippen LogP contribution in [0.4, 0.5) is 11.4 Å². The Morgan fingerprint density at radius 2 is 1.16 bits per heavy atom. The van der Waals surface area contributed by atoms with E-state index in [0.29, 0.717) is 39.3 Å². The molecule has 0 radical (unpaired) electrons. The first-order valence-corrected chi connectivity index (χ1v) is 16.3. The van der Waals surface area contributed by atoms with E-state index in [9.17, 15) is 34.6 Å². The second kappa shape index (κ2) is 18.5. The van der Waals surface area contributed by atoms with Crippen molar-refractivity contribution in [2.45, 2.75) is 13.1 Å². The zero-order valence-corrected chi connectivity index (χ0v) is 30.7. The minimum atomic E-state index is -0.624. The van der Waals surface area contributed by atoms with Gasteiger partial charge in [0.2, 0.25) is 5.91 Å². The summed E-state index contributed by atoms with van der Waals surface area (Å²) in [7, 11) is 3.04. The molecule has 0 unspecified atom stereocenters. The van der Waals surface area contributed by atoms with Crippen LogP contribution < -0.4 is 26.3 Å². The molecule has 0 aliphatic rings. The minimum Gasteiger partial charge on any atom is -0.496 e. The van der Waals surface area contributed by atoms with Crippen molar-refractivity contribution in [2.75, 3.05) is 14.2 Å². The predicted molar refractivity (Wildman–Crippen MR) is 210 cm³/mol. The number of pyridine rings is 2. The lowest BCUT2D eigenvalue weighted by Gasteiger charge is -2.12. The van der Waals surface area contributed by atoms with Crippen molar-refractivity contribution < 1.29 is 24.1 Å². The molecule has 15 nitrogen and oxygen atoms in total. The Morgan fingerprint density at radius 1 is 0.696 bits per heavy atom. The number of carbonyl (C=O) groups excluding carboxylic acids is 1. The Labute approximate surface area is 325 Å². The van der Waals surface area contributed by atoms with E-state index in [1.54, 1.807) is 48.5 Å². The predicted octanol–water partition coefficient (Wildman–Crippen LogP) is 6.35. The largest absolute Gasteiger partial charge is 0.496 e. The minimum absolute atomic E-state index is 0. The van der Waals surface area contributed by atoms with Gasteiger partial charge < -0.3 is 24.3 Å². The summed E-state index contributed by atoms with van der Waals surface area (Å²) in [6.07, 6.45) is 2.90. The Bertz CT molecular complexity index is 2600. The molecule has 0 atom stereocenters. The number of methoxy groups -OCH3 is 2. The summed E-state index contributed by atoms with van der Waals surface area (Å²) in [5, 5.41) is 31.1. The number of nitro groups is 2. The van der Waals surface area contributed by atoms with Crippen molar-refractivity contribution in [3.05, 3.63) is 185 Å². The molecule has 6 rings (SSSR count). The molecule has 0 saturated heterocycles. The molecule has 0 saturated carbocycles. The molecule has 1 amide bonds. The molecule has 4 aromatic carbocycles. The van der Waals surface area contributed by atoms with Crippen LogP contribution in [0.25, 0.3) is 22.3 Å². The van der Waals surface area contributed by atoms with Crippen LogP contribution in [0, 0.1) is 31.6 Å².